The van der Waals surface area contributed by atoms with Gasteiger partial charge >= 0.3 is 12.1 Å². The van der Waals surface area contributed by atoms with Crippen LogP contribution in [-0.2, 0) is 9.59 Å². The van der Waals surface area contributed by atoms with E-state index in [1.807, 2.05) is 0 Å². The van der Waals surface area contributed by atoms with Gasteiger partial charge in [-0.3, -0.25) is 4.79 Å². The van der Waals surface area contributed by atoms with Crippen LogP contribution in [0.5, 0.6) is 0 Å². The number of nitrogens with zero attached hydrogens (tertiary/aromatic N) is 1. The van der Waals surface area contributed by atoms with Crippen molar-refractivity contribution in [1.29, 1.82) is 5.26 Å². The second-order valence-electron chi connectivity index (χ2n) is 4.98. The number of nitriles is 1. The summed E-state index contributed by atoms with van der Waals surface area (Å²) in [5.74, 6) is -2.19. The lowest BCUT2D eigenvalue weighted by atomic mass is 10.1. The molecule has 0 aliphatic heterocycles. The number of carboxylic acids is 1. The molecular formula is C12H17F3N2O3. The molecule has 0 aromatic heterocycles. The van der Waals surface area contributed by atoms with E-state index in [0.717, 1.165) is 19.3 Å². The first-order chi connectivity index (χ1) is 9.02. The molecule has 1 rings (SSSR count). The van der Waals surface area contributed by atoms with Crippen LogP contribution in [0.4, 0.5) is 13.2 Å². The summed E-state index contributed by atoms with van der Waals surface area (Å²) in [5.41, 5.74) is -0.492. The Morgan fingerprint density at radius 3 is 2.10 bits per heavy atom. The molecule has 2 N–H and O–H groups in total. The van der Waals surface area contributed by atoms with Crippen molar-refractivity contribution < 1.29 is 27.9 Å². The number of hydrogen-bond acceptors (Lipinski definition) is 3. The first kappa shape index (κ1) is 18.2. The van der Waals surface area contributed by atoms with Gasteiger partial charge < -0.3 is 10.4 Å². The summed E-state index contributed by atoms with van der Waals surface area (Å²) in [7, 11) is 0. The van der Waals surface area contributed by atoms with Gasteiger partial charge in [0.1, 0.15) is 5.54 Å². The zero-order valence-electron chi connectivity index (χ0n) is 11.3. The minimum atomic E-state index is -5.08. The van der Waals surface area contributed by atoms with Gasteiger partial charge in [-0.05, 0) is 25.2 Å². The lowest BCUT2D eigenvalue weighted by molar-refractivity contribution is -0.192. The largest absolute Gasteiger partial charge is 0.490 e. The van der Waals surface area contributed by atoms with Crippen molar-refractivity contribution in [2.75, 3.05) is 0 Å². The van der Waals surface area contributed by atoms with E-state index in [1.54, 1.807) is 0 Å². The maximum atomic E-state index is 11.3. The lowest BCUT2D eigenvalue weighted by Crippen LogP contribution is -2.35. The summed E-state index contributed by atoms with van der Waals surface area (Å²) in [5, 5.41) is 18.6. The lowest BCUT2D eigenvalue weighted by Gasteiger charge is -2.09. The molecule has 1 amide bonds. The van der Waals surface area contributed by atoms with Gasteiger partial charge in [0.25, 0.3) is 0 Å². The van der Waals surface area contributed by atoms with Crippen molar-refractivity contribution in [1.82, 2.24) is 5.32 Å². The molecule has 0 bridgehead atoms. The number of rotatable bonds is 4. The van der Waals surface area contributed by atoms with Crippen molar-refractivity contribution in [3.8, 4) is 6.07 Å². The smallest absolute Gasteiger partial charge is 0.475 e. The van der Waals surface area contributed by atoms with E-state index in [-0.39, 0.29) is 5.91 Å². The van der Waals surface area contributed by atoms with Gasteiger partial charge in [0.15, 0.2) is 0 Å². The van der Waals surface area contributed by atoms with Crippen molar-refractivity contribution in [3.05, 3.63) is 0 Å². The molecule has 0 aromatic rings. The number of halogens is 3. The Morgan fingerprint density at radius 1 is 1.40 bits per heavy atom. The monoisotopic (exact) mass is 294 g/mol. The Bertz CT molecular complexity index is 396. The van der Waals surface area contributed by atoms with Crippen molar-refractivity contribution in [3.63, 3.8) is 0 Å². The van der Waals surface area contributed by atoms with Crippen LogP contribution in [0, 0.1) is 17.2 Å². The van der Waals surface area contributed by atoms with Gasteiger partial charge in [0.2, 0.25) is 5.91 Å². The van der Waals surface area contributed by atoms with E-state index in [9.17, 15) is 18.0 Å². The third kappa shape index (κ3) is 7.61. The van der Waals surface area contributed by atoms with Crippen LogP contribution >= 0.6 is 0 Å². The Kier molecular flexibility index (Phi) is 6.49. The fourth-order valence-electron chi connectivity index (χ4n) is 1.14. The summed E-state index contributed by atoms with van der Waals surface area (Å²) in [6.45, 7) is 4.18. The molecular weight excluding hydrogens is 277 g/mol. The first-order valence-electron chi connectivity index (χ1n) is 6.05. The van der Waals surface area contributed by atoms with E-state index in [2.05, 4.69) is 25.2 Å². The number of amides is 1. The molecule has 0 unspecified atom stereocenters. The number of carbonyl (C=O) groups excluding carboxylic acids is 1. The molecule has 1 saturated carbocycles. The van der Waals surface area contributed by atoms with Gasteiger partial charge in [-0.15, -0.1) is 0 Å². The number of carbonyl (C=O) groups is 2. The standard InChI is InChI=1S/C10H16N2O.C2HF3O2/c1-8(2)3-4-9(13)12-10(7-11)5-6-10;3-2(4,5)1(6)7/h8H,3-6H2,1-2H3,(H,12,13);(H,6,7). The van der Waals surface area contributed by atoms with E-state index in [0.29, 0.717) is 12.3 Å². The van der Waals surface area contributed by atoms with Crippen LogP contribution in [0.25, 0.3) is 0 Å². The summed E-state index contributed by atoms with van der Waals surface area (Å²) < 4.78 is 31.7. The van der Waals surface area contributed by atoms with Crippen LogP contribution in [0.15, 0.2) is 0 Å². The minimum absolute atomic E-state index is 0.0211. The third-order valence-electron chi connectivity index (χ3n) is 2.53. The normalized spacial score (nSPS) is 15.7. The van der Waals surface area contributed by atoms with Crippen molar-refractivity contribution in [2.45, 2.75) is 51.2 Å². The van der Waals surface area contributed by atoms with Gasteiger partial charge in [-0.1, -0.05) is 13.8 Å². The van der Waals surface area contributed by atoms with Crippen LogP contribution in [-0.4, -0.2) is 28.7 Å². The molecule has 0 spiro atoms. The molecule has 1 aliphatic rings. The number of alkyl halides is 3. The average molecular weight is 294 g/mol. The van der Waals surface area contributed by atoms with Gasteiger partial charge in [-0.2, -0.15) is 18.4 Å². The summed E-state index contributed by atoms with van der Waals surface area (Å²) >= 11 is 0. The maximum Gasteiger partial charge on any atom is 0.490 e. The molecule has 0 atom stereocenters. The van der Waals surface area contributed by atoms with E-state index < -0.39 is 17.7 Å². The molecule has 0 aromatic carbocycles. The van der Waals surface area contributed by atoms with Gasteiger partial charge in [-0.25, -0.2) is 4.79 Å². The van der Waals surface area contributed by atoms with Crippen LogP contribution in [0.3, 0.4) is 0 Å². The van der Waals surface area contributed by atoms with Gasteiger partial charge in [0, 0.05) is 6.42 Å². The highest BCUT2D eigenvalue weighted by atomic mass is 19.4. The van der Waals surface area contributed by atoms with Crippen LogP contribution in [0.1, 0.15) is 39.5 Å². The van der Waals surface area contributed by atoms with E-state index in [4.69, 9.17) is 15.2 Å². The third-order valence-corrected chi connectivity index (χ3v) is 2.53. The molecule has 8 heteroatoms. The van der Waals surface area contributed by atoms with Crippen LogP contribution in [0.2, 0.25) is 0 Å². The highest BCUT2D eigenvalue weighted by Gasteiger charge is 2.44. The predicted molar refractivity (Wildman–Crippen MR) is 63.5 cm³/mol. The number of nitrogens with one attached hydrogen (secondary N) is 1. The fourth-order valence-corrected chi connectivity index (χ4v) is 1.14. The fraction of sp³-hybridized carbons (Fsp3) is 0.750. The Balaban J connectivity index is 0.000000441. The zero-order valence-corrected chi connectivity index (χ0v) is 11.3. The molecule has 5 nitrogen and oxygen atoms in total. The molecule has 1 aliphatic carbocycles. The quantitative estimate of drug-likeness (QED) is 0.832. The van der Waals surface area contributed by atoms with Crippen molar-refractivity contribution in [2.24, 2.45) is 5.92 Å². The summed E-state index contributed by atoms with van der Waals surface area (Å²) in [4.78, 5) is 20.2. The minimum Gasteiger partial charge on any atom is -0.475 e. The Labute approximate surface area is 114 Å². The molecule has 114 valence electrons. The Morgan fingerprint density at radius 2 is 1.85 bits per heavy atom. The molecule has 0 heterocycles. The number of carboxylic acid groups (broad SMARTS) is 1. The number of aliphatic carboxylic acids is 1. The highest BCUT2D eigenvalue weighted by molar-refractivity contribution is 5.77. The Hall–Kier alpha value is -1.78. The topological polar surface area (TPSA) is 90.2 Å². The second kappa shape index (κ2) is 7.12. The van der Waals surface area contributed by atoms with Gasteiger partial charge in [0.05, 0.1) is 6.07 Å². The van der Waals surface area contributed by atoms with Crippen LogP contribution < -0.4 is 5.32 Å². The second-order valence-corrected chi connectivity index (χ2v) is 4.98. The number of hydrogen-bond donors (Lipinski definition) is 2. The summed E-state index contributed by atoms with van der Waals surface area (Å²) in [6, 6.07) is 2.14. The average Bonchev–Trinajstić information content (AvgIpc) is 3.06. The SMILES string of the molecule is CC(C)CCC(=O)NC1(C#N)CC1.O=C(O)C(F)(F)F. The van der Waals surface area contributed by atoms with E-state index in [1.165, 1.54) is 0 Å². The first-order valence-corrected chi connectivity index (χ1v) is 6.05. The maximum absolute atomic E-state index is 11.3. The molecule has 0 saturated heterocycles. The summed E-state index contributed by atoms with van der Waals surface area (Å²) in [6.07, 6.45) is -2.01. The van der Waals surface area contributed by atoms with E-state index >= 15 is 0 Å². The molecule has 20 heavy (non-hydrogen) atoms. The zero-order chi connectivity index (χ0) is 16.0. The molecule has 1 fully saturated rings. The van der Waals surface area contributed by atoms with Crippen molar-refractivity contribution >= 4 is 11.9 Å². The highest BCUT2D eigenvalue weighted by Crippen LogP contribution is 2.34. The predicted octanol–water partition coefficient (Wildman–Crippen LogP) is 2.23. The molecule has 0 radical (unpaired) electrons.